The van der Waals surface area contributed by atoms with Gasteiger partial charge in [-0.05, 0) is 44.2 Å². The minimum Gasteiger partial charge on any atom is -0.494 e. The lowest BCUT2D eigenvalue weighted by Crippen LogP contribution is -2.50. The normalized spacial score (nSPS) is 14.7. The van der Waals surface area contributed by atoms with Gasteiger partial charge in [-0.2, -0.15) is 4.99 Å². The minimum atomic E-state index is -3.99. The van der Waals surface area contributed by atoms with Gasteiger partial charge in [0.05, 0.1) is 23.4 Å². The fourth-order valence-electron chi connectivity index (χ4n) is 4.42. The van der Waals surface area contributed by atoms with Crippen LogP contribution in [0.2, 0.25) is 0 Å². The van der Waals surface area contributed by atoms with E-state index < -0.39 is 33.2 Å². The van der Waals surface area contributed by atoms with E-state index in [2.05, 4.69) is 9.89 Å². The largest absolute Gasteiger partial charge is 0.494 e. The summed E-state index contributed by atoms with van der Waals surface area (Å²) in [6.07, 6.45) is 0. The molecule has 0 N–H and O–H groups in total. The Bertz CT molecular complexity index is 1460. The SMILES string of the molecule is CCOCCn1c(=NC(=O)CS(=O)(=O)CC(=O)N2CCN(c3ccccc3)CC2)sc2cc(OCC)ccc21. The number of para-hydroxylation sites is 1. The Kier molecular flexibility index (Phi) is 9.76. The van der Waals surface area contributed by atoms with Crippen LogP contribution in [-0.4, -0.2) is 87.2 Å². The molecule has 2 heterocycles. The zero-order chi connectivity index (χ0) is 27.8. The highest BCUT2D eigenvalue weighted by atomic mass is 32.2. The Morgan fingerprint density at radius 2 is 1.72 bits per heavy atom. The van der Waals surface area contributed by atoms with E-state index in [1.807, 2.05) is 66.9 Å². The van der Waals surface area contributed by atoms with Crippen LogP contribution in [0, 0.1) is 0 Å². The number of ether oxygens (including phenoxy) is 2. The van der Waals surface area contributed by atoms with Crippen LogP contribution in [0.1, 0.15) is 13.8 Å². The summed E-state index contributed by atoms with van der Waals surface area (Å²) in [5.41, 5.74) is 1.92. The third kappa shape index (κ3) is 7.68. The molecule has 0 atom stereocenters. The van der Waals surface area contributed by atoms with Crippen molar-refractivity contribution in [1.29, 1.82) is 0 Å². The quantitative estimate of drug-likeness (QED) is 0.323. The third-order valence-corrected chi connectivity index (χ3v) is 8.70. The summed E-state index contributed by atoms with van der Waals surface area (Å²) in [7, 11) is -3.99. The van der Waals surface area contributed by atoms with Crippen molar-refractivity contribution in [2.24, 2.45) is 4.99 Å². The van der Waals surface area contributed by atoms with Crippen LogP contribution < -0.4 is 14.4 Å². The molecule has 12 heteroatoms. The van der Waals surface area contributed by atoms with Gasteiger partial charge in [-0.1, -0.05) is 29.5 Å². The molecule has 10 nitrogen and oxygen atoms in total. The Labute approximate surface area is 232 Å². The molecule has 0 saturated carbocycles. The zero-order valence-electron chi connectivity index (χ0n) is 22.2. The van der Waals surface area contributed by atoms with Crippen LogP contribution in [0.4, 0.5) is 5.69 Å². The maximum atomic E-state index is 12.8. The lowest BCUT2D eigenvalue weighted by molar-refractivity contribution is -0.128. The summed E-state index contributed by atoms with van der Waals surface area (Å²) in [6.45, 7) is 7.82. The van der Waals surface area contributed by atoms with Crippen molar-refractivity contribution in [2.45, 2.75) is 20.4 Å². The molecule has 2 amide bonds. The molecule has 0 radical (unpaired) electrons. The number of fused-ring (bicyclic) bond motifs is 1. The second-order valence-corrected chi connectivity index (χ2v) is 12.1. The van der Waals surface area contributed by atoms with Crippen molar-refractivity contribution >= 4 is 48.9 Å². The van der Waals surface area contributed by atoms with E-state index in [-0.39, 0.29) is 0 Å². The topological polar surface area (TPSA) is 111 Å². The fourth-order valence-corrected chi connectivity index (χ4v) is 6.63. The first-order valence-electron chi connectivity index (χ1n) is 13.0. The summed E-state index contributed by atoms with van der Waals surface area (Å²) in [4.78, 5) is 33.7. The summed E-state index contributed by atoms with van der Waals surface area (Å²) in [5.74, 6) is -2.14. The Balaban J connectivity index is 1.43. The summed E-state index contributed by atoms with van der Waals surface area (Å²) < 4.78 is 39.3. The Morgan fingerprint density at radius 3 is 2.41 bits per heavy atom. The number of rotatable bonds is 11. The van der Waals surface area contributed by atoms with E-state index in [0.717, 1.165) is 15.9 Å². The lowest BCUT2D eigenvalue weighted by Gasteiger charge is -2.36. The first kappa shape index (κ1) is 28.8. The predicted molar refractivity (Wildman–Crippen MR) is 152 cm³/mol. The van der Waals surface area contributed by atoms with E-state index in [4.69, 9.17) is 9.47 Å². The fraction of sp³-hybridized carbons (Fsp3) is 0.444. The number of anilines is 1. The molecule has 3 aromatic rings. The van der Waals surface area contributed by atoms with E-state index >= 15 is 0 Å². The van der Waals surface area contributed by atoms with Gasteiger partial charge in [0.2, 0.25) is 5.91 Å². The summed E-state index contributed by atoms with van der Waals surface area (Å²) in [5, 5.41) is 0. The van der Waals surface area contributed by atoms with Crippen LogP contribution in [0.15, 0.2) is 53.5 Å². The highest BCUT2D eigenvalue weighted by Gasteiger charge is 2.27. The van der Waals surface area contributed by atoms with Crippen molar-refractivity contribution in [3.05, 3.63) is 53.3 Å². The molecule has 0 unspecified atom stereocenters. The number of amides is 2. The molecular formula is C27H34N4O6S2. The maximum absolute atomic E-state index is 12.8. The monoisotopic (exact) mass is 574 g/mol. The third-order valence-electron chi connectivity index (χ3n) is 6.29. The van der Waals surface area contributed by atoms with Gasteiger partial charge in [0.1, 0.15) is 17.3 Å². The van der Waals surface area contributed by atoms with E-state index in [1.165, 1.54) is 11.3 Å². The number of carbonyl (C=O) groups is 2. The summed E-state index contributed by atoms with van der Waals surface area (Å²) >= 11 is 1.28. The molecule has 210 valence electrons. The van der Waals surface area contributed by atoms with Crippen LogP contribution in [0.5, 0.6) is 5.75 Å². The minimum absolute atomic E-state index is 0.377. The molecule has 0 aliphatic carbocycles. The van der Waals surface area contributed by atoms with Gasteiger partial charge >= 0.3 is 0 Å². The molecule has 1 fully saturated rings. The number of sulfone groups is 1. The molecule has 0 spiro atoms. The average Bonchev–Trinajstić information content (AvgIpc) is 3.24. The molecule has 0 bridgehead atoms. The molecule has 2 aromatic carbocycles. The number of hydrogen-bond donors (Lipinski definition) is 0. The molecule has 1 aliphatic rings. The smallest absolute Gasteiger partial charge is 0.263 e. The second kappa shape index (κ2) is 13.2. The number of hydrogen-bond acceptors (Lipinski definition) is 8. The Morgan fingerprint density at radius 1 is 0.974 bits per heavy atom. The molecule has 1 saturated heterocycles. The summed E-state index contributed by atoms with van der Waals surface area (Å²) in [6, 6.07) is 15.5. The maximum Gasteiger partial charge on any atom is 0.263 e. The first-order chi connectivity index (χ1) is 18.8. The number of nitrogens with zero attached hydrogens (tertiary/aromatic N) is 4. The van der Waals surface area contributed by atoms with Gasteiger partial charge < -0.3 is 23.8 Å². The first-order valence-corrected chi connectivity index (χ1v) is 15.6. The number of aromatic nitrogens is 1. The van der Waals surface area contributed by atoms with E-state index in [1.54, 1.807) is 4.90 Å². The van der Waals surface area contributed by atoms with Gasteiger partial charge in [0.15, 0.2) is 14.6 Å². The number of thiazole rings is 1. The van der Waals surface area contributed by atoms with Crippen LogP contribution in [-0.2, 0) is 30.7 Å². The highest BCUT2D eigenvalue weighted by molar-refractivity contribution is 7.92. The van der Waals surface area contributed by atoms with Crippen molar-refractivity contribution in [3.63, 3.8) is 0 Å². The Hall–Kier alpha value is -3.22. The van der Waals surface area contributed by atoms with E-state index in [9.17, 15) is 18.0 Å². The van der Waals surface area contributed by atoms with Crippen LogP contribution in [0.3, 0.4) is 0 Å². The number of piperazine rings is 1. The van der Waals surface area contributed by atoms with Gasteiger partial charge in [0, 0.05) is 45.0 Å². The van der Waals surface area contributed by atoms with Crippen LogP contribution >= 0.6 is 11.3 Å². The van der Waals surface area contributed by atoms with Crippen molar-refractivity contribution in [1.82, 2.24) is 9.47 Å². The number of carbonyl (C=O) groups excluding carboxylic acids is 2. The average molecular weight is 575 g/mol. The zero-order valence-corrected chi connectivity index (χ0v) is 23.9. The van der Waals surface area contributed by atoms with Crippen molar-refractivity contribution in [2.75, 3.05) is 62.4 Å². The lowest BCUT2D eigenvalue weighted by atomic mass is 10.2. The number of benzene rings is 2. The standard InChI is InChI=1S/C27H34N4O6S2/c1-3-36-17-16-31-23-11-10-22(37-4-2)18-24(23)38-27(31)28-25(32)19-39(34,35)20-26(33)30-14-12-29(13-15-30)21-8-6-5-7-9-21/h5-11,18H,3-4,12-17,19-20H2,1-2H3. The van der Waals surface area contributed by atoms with Gasteiger partial charge in [0.25, 0.3) is 5.91 Å². The molecule has 39 heavy (non-hydrogen) atoms. The van der Waals surface area contributed by atoms with Gasteiger partial charge in [-0.15, -0.1) is 0 Å². The van der Waals surface area contributed by atoms with Crippen molar-refractivity contribution in [3.8, 4) is 5.75 Å². The van der Waals surface area contributed by atoms with E-state index in [0.29, 0.717) is 63.1 Å². The molecule has 1 aromatic heterocycles. The van der Waals surface area contributed by atoms with Gasteiger partial charge in [-0.25, -0.2) is 8.42 Å². The molecule has 4 rings (SSSR count). The predicted octanol–water partition coefficient (Wildman–Crippen LogP) is 2.33. The second-order valence-electron chi connectivity index (χ2n) is 9.04. The highest BCUT2D eigenvalue weighted by Crippen LogP contribution is 2.23. The van der Waals surface area contributed by atoms with Crippen molar-refractivity contribution < 1.29 is 27.5 Å². The van der Waals surface area contributed by atoms with Crippen LogP contribution in [0.25, 0.3) is 10.2 Å². The van der Waals surface area contributed by atoms with Gasteiger partial charge in [-0.3, -0.25) is 9.59 Å². The molecular weight excluding hydrogens is 540 g/mol. The molecule has 1 aliphatic heterocycles.